The van der Waals surface area contributed by atoms with E-state index in [9.17, 15) is 5.11 Å². The highest BCUT2D eigenvalue weighted by Crippen LogP contribution is 2.42. The van der Waals surface area contributed by atoms with Gasteiger partial charge in [-0.05, 0) is 24.6 Å². The van der Waals surface area contributed by atoms with Crippen LogP contribution in [0, 0.1) is 5.41 Å². The van der Waals surface area contributed by atoms with Crippen LogP contribution in [0.15, 0.2) is 24.4 Å². The number of aromatic nitrogens is 2. The average Bonchev–Trinajstić information content (AvgIpc) is 2.76. The van der Waals surface area contributed by atoms with E-state index in [-0.39, 0.29) is 11.5 Å². The molecule has 1 aliphatic carbocycles. The minimum Gasteiger partial charge on any atom is -0.392 e. The van der Waals surface area contributed by atoms with Crippen molar-refractivity contribution in [1.29, 1.82) is 0 Å². The summed E-state index contributed by atoms with van der Waals surface area (Å²) >= 11 is 0. The van der Waals surface area contributed by atoms with E-state index in [1.165, 1.54) is 0 Å². The average molecular weight is 231 g/mol. The van der Waals surface area contributed by atoms with Gasteiger partial charge < -0.3 is 10.4 Å². The number of rotatable bonds is 2. The van der Waals surface area contributed by atoms with Crippen LogP contribution < -0.4 is 5.32 Å². The molecule has 0 spiro atoms. The van der Waals surface area contributed by atoms with Gasteiger partial charge in [0.05, 0.1) is 17.8 Å². The molecule has 2 unspecified atom stereocenters. The first-order valence-corrected chi connectivity index (χ1v) is 5.95. The minimum absolute atomic E-state index is 0.0502. The summed E-state index contributed by atoms with van der Waals surface area (Å²) in [6, 6.07) is 6.48. The number of aromatic amines is 1. The molecule has 90 valence electrons. The smallest absolute Gasteiger partial charge is 0.0651 e. The van der Waals surface area contributed by atoms with Crippen molar-refractivity contribution >= 4 is 16.6 Å². The molecule has 3 rings (SSSR count). The number of nitrogens with one attached hydrogen (secondary N) is 2. The fourth-order valence-corrected chi connectivity index (χ4v) is 2.38. The highest BCUT2D eigenvalue weighted by atomic mass is 16.3. The van der Waals surface area contributed by atoms with Crippen molar-refractivity contribution in [2.75, 3.05) is 5.32 Å². The van der Waals surface area contributed by atoms with E-state index in [4.69, 9.17) is 0 Å². The Kier molecular flexibility index (Phi) is 2.16. The molecule has 3 N–H and O–H groups in total. The molecule has 2 aromatic rings. The zero-order valence-corrected chi connectivity index (χ0v) is 10.1. The largest absolute Gasteiger partial charge is 0.392 e. The number of aliphatic hydroxyl groups is 1. The van der Waals surface area contributed by atoms with Crippen molar-refractivity contribution in [3.05, 3.63) is 24.4 Å². The number of H-pyrrole nitrogens is 1. The maximum atomic E-state index is 9.71. The molecule has 4 heteroatoms. The standard InChI is InChI=1S/C13H17N3O/c1-13(2)11(6-12(13)17)15-9-3-4-10-8(5-9)7-14-16-10/h3-5,7,11-12,15,17H,6H2,1-2H3,(H,14,16). The first kappa shape index (κ1) is 10.6. The zero-order chi connectivity index (χ0) is 12.0. The van der Waals surface area contributed by atoms with Crippen LogP contribution in [0.5, 0.6) is 0 Å². The molecule has 0 bridgehead atoms. The van der Waals surface area contributed by atoms with Gasteiger partial charge in [-0.1, -0.05) is 13.8 Å². The van der Waals surface area contributed by atoms with Gasteiger partial charge in [0.15, 0.2) is 0 Å². The molecule has 2 atom stereocenters. The highest BCUT2D eigenvalue weighted by Gasteiger charge is 2.47. The number of anilines is 1. The Bertz CT molecular complexity index is 546. The number of benzene rings is 1. The van der Waals surface area contributed by atoms with E-state index in [0.29, 0.717) is 6.04 Å². The Morgan fingerprint density at radius 3 is 3.00 bits per heavy atom. The molecular weight excluding hydrogens is 214 g/mol. The molecule has 1 aliphatic rings. The van der Waals surface area contributed by atoms with Gasteiger partial charge in [-0.25, -0.2) is 0 Å². The molecule has 1 aromatic heterocycles. The van der Waals surface area contributed by atoms with Crippen molar-refractivity contribution in [1.82, 2.24) is 10.2 Å². The number of hydrogen-bond acceptors (Lipinski definition) is 3. The number of hydrogen-bond donors (Lipinski definition) is 3. The summed E-state index contributed by atoms with van der Waals surface area (Å²) in [7, 11) is 0. The van der Waals surface area contributed by atoms with Crippen LogP contribution in [-0.4, -0.2) is 27.4 Å². The maximum absolute atomic E-state index is 9.71. The molecule has 0 aliphatic heterocycles. The van der Waals surface area contributed by atoms with E-state index < -0.39 is 0 Å². The van der Waals surface area contributed by atoms with Crippen molar-refractivity contribution in [2.24, 2.45) is 5.41 Å². The van der Waals surface area contributed by atoms with Crippen LogP contribution in [0.3, 0.4) is 0 Å². The molecule has 0 amide bonds. The van der Waals surface area contributed by atoms with Gasteiger partial charge in [0.2, 0.25) is 0 Å². The van der Waals surface area contributed by atoms with Crippen LogP contribution in [0.1, 0.15) is 20.3 Å². The molecule has 1 heterocycles. The Hall–Kier alpha value is -1.55. The Morgan fingerprint density at radius 2 is 2.29 bits per heavy atom. The third kappa shape index (κ3) is 1.60. The molecular formula is C13H17N3O. The number of aliphatic hydroxyl groups excluding tert-OH is 1. The molecule has 1 aromatic carbocycles. The molecule has 0 radical (unpaired) electrons. The fourth-order valence-electron chi connectivity index (χ4n) is 2.38. The SMILES string of the molecule is CC1(C)C(O)CC1Nc1ccc2[nH]ncc2c1. The summed E-state index contributed by atoms with van der Waals surface area (Å²) in [5.74, 6) is 0. The van der Waals surface area contributed by atoms with Crippen molar-refractivity contribution in [2.45, 2.75) is 32.4 Å². The second-order valence-electron chi connectivity index (χ2n) is 5.44. The lowest BCUT2D eigenvalue weighted by Gasteiger charge is -2.49. The summed E-state index contributed by atoms with van der Waals surface area (Å²) < 4.78 is 0. The van der Waals surface area contributed by atoms with Crippen molar-refractivity contribution in [3.8, 4) is 0 Å². The minimum atomic E-state index is -0.197. The zero-order valence-electron chi connectivity index (χ0n) is 10.1. The first-order chi connectivity index (χ1) is 8.07. The van der Waals surface area contributed by atoms with Gasteiger partial charge in [0, 0.05) is 22.5 Å². The monoisotopic (exact) mass is 231 g/mol. The first-order valence-electron chi connectivity index (χ1n) is 5.95. The Labute approximate surface area is 100 Å². The quantitative estimate of drug-likeness (QED) is 0.742. The summed E-state index contributed by atoms with van der Waals surface area (Å²) in [5.41, 5.74) is 2.08. The van der Waals surface area contributed by atoms with Crippen LogP contribution in [0.25, 0.3) is 10.9 Å². The lowest BCUT2D eigenvalue weighted by Crippen LogP contribution is -2.56. The van der Waals surface area contributed by atoms with E-state index in [2.05, 4.69) is 35.4 Å². The van der Waals surface area contributed by atoms with Crippen LogP contribution in [0.4, 0.5) is 5.69 Å². The third-order valence-electron chi connectivity index (χ3n) is 4.00. The second-order valence-corrected chi connectivity index (χ2v) is 5.44. The van der Waals surface area contributed by atoms with Crippen LogP contribution >= 0.6 is 0 Å². The lowest BCUT2D eigenvalue weighted by molar-refractivity contribution is -0.0510. The van der Waals surface area contributed by atoms with E-state index in [1.807, 2.05) is 18.3 Å². The highest BCUT2D eigenvalue weighted by molar-refractivity contribution is 5.81. The van der Waals surface area contributed by atoms with Gasteiger partial charge >= 0.3 is 0 Å². The molecule has 1 saturated carbocycles. The Morgan fingerprint density at radius 1 is 1.47 bits per heavy atom. The lowest BCUT2D eigenvalue weighted by atomic mass is 9.64. The van der Waals surface area contributed by atoms with E-state index >= 15 is 0 Å². The molecule has 0 saturated heterocycles. The van der Waals surface area contributed by atoms with Gasteiger partial charge in [0.25, 0.3) is 0 Å². The normalized spacial score (nSPS) is 26.8. The number of fused-ring (bicyclic) bond motifs is 1. The predicted molar refractivity (Wildman–Crippen MR) is 67.9 cm³/mol. The van der Waals surface area contributed by atoms with E-state index in [0.717, 1.165) is 23.0 Å². The summed E-state index contributed by atoms with van der Waals surface area (Å²) in [6.45, 7) is 4.18. The summed E-state index contributed by atoms with van der Waals surface area (Å²) in [4.78, 5) is 0. The van der Waals surface area contributed by atoms with Gasteiger partial charge in [-0.15, -0.1) is 0 Å². The van der Waals surface area contributed by atoms with Gasteiger partial charge in [-0.2, -0.15) is 5.10 Å². The van der Waals surface area contributed by atoms with Crippen LogP contribution in [-0.2, 0) is 0 Å². The second kappa shape index (κ2) is 3.47. The van der Waals surface area contributed by atoms with Crippen molar-refractivity contribution in [3.63, 3.8) is 0 Å². The maximum Gasteiger partial charge on any atom is 0.0651 e. The topological polar surface area (TPSA) is 60.9 Å². The Balaban J connectivity index is 1.81. The number of nitrogens with zero attached hydrogens (tertiary/aromatic N) is 1. The third-order valence-corrected chi connectivity index (χ3v) is 4.00. The van der Waals surface area contributed by atoms with Gasteiger partial charge in [-0.3, -0.25) is 5.10 Å². The molecule has 4 nitrogen and oxygen atoms in total. The summed E-state index contributed by atoms with van der Waals surface area (Å²) in [6.07, 6.45) is 2.44. The van der Waals surface area contributed by atoms with E-state index in [1.54, 1.807) is 0 Å². The fraction of sp³-hybridized carbons (Fsp3) is 0.462. The van der Waals surface area contributed by atoms with Crippen molar-refractivity contribution < 1.29 is 5.11 Å². The summed E-state index contributed by atoms with van der Waals surface area (Å²) in [5, 5.41) is 21.2. The molecule has 17 heavy (non-hydrogen) atoms. The molecule has 1 fully saturated rings. The van der Waals surface area contributed by atoms with Gasteiger partial charge in [0.1, 0.15) is 0 Å². The predicted octanol–water partition coefficient (Wildman–Crippen LogP) is 2.13. The van der Waals surface area contributed by atoms with Crippen LogP contribution in [0.2, 0.25) is 0 Å².